The van der Waals surface area contributed by atoms with Gasteiger partial charge in [0, 0.05) is 5.41 Å². The number of hydrogen-bond donors (Lipinski definition) is 1. The summed E-state index contributed by atoms with van der Waals surface area (Å²) in [5.74, 6) is -0.314. The predicted octanol–water partition coefficient (Wildman–Crippen LogP) is 8.58. The van der Waals surface area contributed by atoms with Gasteiger partial charge in [0.15, 0.2) is 0 Å². The Labute approximate surface area is 242 Å². The molecule has 9 heteroatoms. The van der Waals surface area contributed by atoms with E-state index >= 15 is 0 Å². The second kappa shape index (κ2) is 12.5. The molecule has 0 aliphatic rings. The lowest BCUT2D eigenvalue weighted by Gasteiger charge is -2.35. The zero-order valence-corrected chi connectivity index (χ0v) is 24.3. The van der Waals surface area contributed by atoms with E-state index < -0.39 is 36.2 Å². The summed E-state index contributed by atoms with van der Waals surface area (Å²) in [6.07, 6.45) is -12.2. The topological polar surface area (TPSA) is 46.5 Å². The smallest absolute Gasteiger partial charge is 0.426 e. The SMILES string of the molecule is CCC(CC)(c1ccc(CCC(O)(C(F)(F)F)C(F)(F)F)c(C)c1)c1ccc(-c2ccc(CC(=O)OC)cc2)c(C)c1. The van der Waals surface area contributed by atoms with Gasteiger partial charge in [0.05, 0.1) is 13.5 Å². The van der Waals surface area contributed by atoms with E-state index in [0.717, 1.165) is 33.4 Å². The van der Waals surface area contributed by atoms with E-state index in [1.807, 2.05) is 63.2 Å². The highest BCUT2D eigenvalue weighted by atomic mass is 19.4. The highest BCUT2D eigenvalue weighted by molar-refractivity contribution is 5.73. The Bertz CT molecular complexity index is 1370. The minimum Gasteiger partial charge on any atom is -0.469 e. The summed E-state index contributed by atoms with van der Waals surface area (Å²) in [7, 11) is 1.35. The van der Waals surface area contributed by atoms with Crippen molar-refractivity contribution in [1.82, 2.24) is 0 Å². The lowest BCUT2D eigenvalue weighted by molar-refractivity contribution is -0.369. The van der Waals surface area contributed by atoms with Crippen molar-refractivity contribution in [3.63, 3.8) is 0 Å². The Kier molecular flexibility index (Phi) is 9.87. The maximum Gasteiger partial charge on any atom is 0.426 e. The number of ether oxygens (including phenoxy) is 1. The molecule has 3 rings (SSSR count). The molecule has 0 aromatic heterocycles. The van der Waals surface area contributed by atoms with Crippen LogP contribution in [0, 0.1) is 13.8 Å². The first-order chi connectivity index (χ1) is 19.5. The molecule has 0 spiro atoms. The predicted molar refractivity (Wildman–Crippen MR) is 150 cm³/mol. The quantitative estimate of drug-likeness (QED) is 0.189. The Hall–Kier alpha value is -3.33. The largest absolute Gasteiger partial charge is 0.469 e. The second-order valence-electron chi connectivity index (χ2n) is 10.8. The Morgan fingerprint density at radius 1 is 0.786 bits per heavy atom. The van der Waals surface area contributed by atoms with Crippen molar-refractivity contribution in [2.45, 2.75) is 83.2 Å². The average Bonchev–Trinajstić information content (AvgIpc) is 2.92. The fourth-order valence-corrected chi connectivity index (χ4v) is 5.59. The van der Waals surface area contributed by atoms with Crippen LogP contribution in [0.4, 0.5) is 26.3 Å². The normalized spacial score (nSPS) is 12.9. The number of aliphatic hydroxyl groups is 1. The van der Waals surface area contributed by atoms with Crippen LogP contribution < -0.4 is 0 Å². The van der Waals surface area contributed by atoms with E-state index in [-0.39, 0.29) is 12.4 Å². The van der Waals surface area contributed by atoms with Crippen molar-refractivity contribution in [2.75, 3.05) is 7.11 Å². The molecule has 0 bridgehead atoms. The van der Waals surface area contributed by atoms with Crippen LogP contribution in [0.2, 0.25) is 0 Å². The minimum absolute atomic E-state index is 0.188. The van der Waals surface area contributed by atoms with E-state index in [2.05, 4.69) is 6.07 Å². The van der Waals surface area contributed by atoms with Gasteiger partial charge in [-0.1, -0.05) is 74.5 Å². The molecule has 228 valence electrons. The van der Waals surface area contributed by atoms with Crippen molar-refractivity contribution in [2.24, 2.45) is 0 Å². The second-order valence-corrected chi connectivity index (χ2v) is 10.8. The number of benzene rings is 3. The third-order valence-electron chi connectivity index (χ3n) is 8.42. The molecular weight excluding hydrogens is 558 g/mol. The molecule has 0 aliphatic carbocycles. The minimum atomic E-state index is -5.84. The molecule has 0 heterocycles. The molecule has 3 nitrogen and oxygen atoms in total. The number of carbonyl (C=O) groups is 1. The van der Waals surface area contributed by atoms with Crippen LogP contribution in [0.1, 0.15) is 66.5 Å². The molecule has 0 radical (unpaired) electrons. The molecule has 0 fully saturated rings. The molecule has 3 aromatic carbocycles. The Balaban J connectivity index is 1.92. The summed E-state index contributed by atoms with van der Waals surface area (Å²) in [4.78, 5) is 11.6. The fraction of sp³-hybridized carbons (Fsp3) is 0.424. The summed E-state index contributed by atoms with van der Waals surface area (Å²) in [5.41, 5.74) is 1.52. The molecule has 0 amide bonds. The number of hydrogen-bond acceptors (Lipinski definition) is 3. The van der Waals surface area contributed by atoms with Gasteiger partial charge in [-0.25, -0.2) is 0 Å². The number of carbonyl (C=O) groups excluding carboxylic acids is 1. The molecule has 0 atom stereocenters. The van der Waals surface area contributed by atoms with Crippen molar-refractivity contribution in [3.8, 4) is 11.1 Å². The van der Waals surface area contributed by atoms with Crippen LogP contribution in [-0.4, -0.2) is 36.1 Å². The number of halogens is 6. The Morgan fingerprint density at radius 2 is 1.31 bits per heavy atom. The van der Waals surface area contributed by atoms with Crippen molar-refractivity contribution in [3.05, 3.63) is 94.0 Å². The zero-order valence-electron chi connectivity index (χ0n) is 24.3. The van der Waals surface area contributed by atoms with Crippen LogP contribution in [0.5, 0.6) is 0 Å². The van der Waals surface area contributed by atoms with Gasteiger partial charge < -0.3 is 9.84 Å². The molecule has 3 aromatic rings. The van der Waals surface area contributed by atoms with Gasteiger partial charge in [0.25, 0.3) is 5.60 Å². The number of methoxy groups -OCH3 is 1. The molecule has 1 N–H and O–H groups in total. The lowest BCUT2D eigenvalue weighted by Crippen LogP contribution is -2.57. The van der Waals surface area contributed by atoms with Gasteiger partial charge in [0.1, 0.15) is 0 Å². The van der Waals surface area contributed by atoms with Gasteiger partial charge in [-0.15, -0.1) is 0 Å². The van der Waals surface area contributed by atoms with Crippen LogP contribution in [-0.2, 0) is 27.8 Å². The van der Waals surface area contributed by atoms with Crippen molar-refractivity contribution < 1.29 is 41.0 Å². The average molecular weight is 595 g/mol. The first kappa shape index (κ1) is 33.2. The first-order valence-corrected chi connectivity index (χ1v) is 13.8. The highest BCUT2D eigenvalue weighted by Crippen LogP contribution is 2.46. The van der Waals surface area contributed by atoms with Gasteiger partial charge in [0.2, 0.25) is 0 Å². The summed E-state index contributed by atoms with van der Waals surface area (Å²) in [5, 5.41) is 9.57. The first-order valence-electron chi connectivity index (χ1n) is 13.8. The van der Waals surface area contributed by atoms with E-state index in [9.17, 15) is 36.2 Å². The molecule has 0 saturated carbocycles. The third kappa shape index (κ3) is 6.51. The van der Waals surface area contributed by atoms with Crippen LogP contribution in [0.15, 0.2) is 60.7 Å². The van der Waals surface area contributed by atoms with Gasteiger partial charge in [-0.05, 0) is 84.0 Å². The highest BCUT2D eigenvalue weighted by Gasteiger charge is 2.69. The Morgan fingerprint density at radius 3 is 1.76 bits per heavy atom. The van der Waals surface area contributed by atoms with Gasteiger partial charge in [-0.2, -0.15) is 26.3 Å². The maximum absolute atomic E-state index is 13.2. The fourth-order valence-electron chi connectivity index (χ4n) is 5.59. The summed E-state index contributed by atoms with van der Waals surface area (Å²) < 4.78 is 83.7. The number of aryl methyl sites for hydroxylation is 3. The number of alkyl halides is 6. The number of esters is 1. The summed E-state index contributed by atoms with van der Waals surface area (Å²) in [6.45, 7) is 7.76. The van der Waals surface area contributed by atoms with Crippen LogP contribution >= 0.6 is 0 Å². The molecule has 0 saturated heterocycles. The zero-order chi connectivity index (χ0) is 31.5. The molecule has 42 heavy (non-hydrogen) atoms. The molecule has 0 aliphatic heterocycles. The molecular formula is C33H36F6O3. The van der Waals surface area contributed by atoms with E-state index in [1.165, 1.54) is 7.11 Å². The van der Waals surface area contributed by atoms with Gasteiger partial charge >= 0.3 is 18.3 Å². The molecule has 0 unspecified atom stereocenters. The standard InChI is InChI=1S/C33H36F6O3/c1-6-30(7-2,26-13-12-24(21(3)18-26)16-17-31(41,32(34,35)36)33(37,38)39)27-14-15-28(22(4)19-27)25-10-8-23(9-11-25)20-29(40)42-5/h8-15,18-19,41H,6-7,16-17,20H2,1-5H3. The monoisotopic (exact) mass is 594 g/mol. The maximum atomic E-state index is 13.2. The van der Waals surface area contributed by atoms with Crippen LogP contribution in [0.25, 0.3) is 11.1 Å². The van der Waals surface area contributed by atoms with Crippen molar-refractivity contribution >= 4 is 5.97 Å². The lowest BCUT2D eigenvalue weighted by atomic mass is 9.69. The van der Waals surface area contributed by atoms with Crippen molar-refractivity contribution in [1.29, 1.82) is 0 Å². The third-order valence-corrected chi connectivity index (χ3v) is 8.42. The van der Waals surface area contributed by atoms with Gasteiger partial charge in [-0.3, -0.25) is 4.79 Å². The number of rotatable bonds is 10. The van der Waals surface area contributed by atoms with Crippen LogP contribution in [0.3, 0.4) is 0 Å². The summed E-state index contributed by atoms with van der Waals surface area (Å²) in [6, 6.07) is 19.0. The summed E-state index contributed by atoms with van der Waals surface area (Å²) >= 11 is 0. The van der Waals surface area contributed by atoms with E-state index in [4.69, 9.17) is 4.74 Å². The van der Waals surface area contributed by atoms with E-state index in [0.29, 0.717) is 24.0 Å². The van der Waals surface area contributed by atoms with E-state index in [1.54, 1.807) is 19.1 Å².